The first kappa shape index (κ1) is 9.88. The molecule has 0 bridgehead atoms. The monoisotopic (exact) mass is 145 g/mol. The zero-order valence-corrected chi connectivity index (χ0v) is 7.01. The van der Waals surface area contributed by atoms with E-state index in [0.29, 0.717) is 6.54 Å². The Morgan fingerprint density at radius 1 is 1.40 bits per heavy atom. The maximum Gasteiger partial charge on any atom is 0.0163 e. The van der Waals surface area contributed by atoms with Gasteiger partial charge < -0.3 is 16.4 Å². The molecule has 1 atom stereocenters. The second-order valence-electron chi connectivity index (χ2n) is 2.94. The fourth-order valence-corrected chi connectivity index (χ4v) is 0.788. The highest BCUT2D eigenvalue weighted by Crippen LogP contribution is 1.93. The van der Waals surface area contributed by atoms with Crippen molar-refractivity contribution in [3.8, 4) is 0 Å². The van der Waals surface area contributed by atoms with Crippen LogP contribution in [-0.2, 0) is 0 Å². The number of nitrogens with zero attached hydrogens (tertiary/aromatic N) is 1. The van der Waals surface area contributed by atoms with Gasteiger partial charge in [-0.1, -0.05) is 0 Å². The smallest absolute Gasteiger partial charge is 0.0163 e. The van der Waals surface area contributed by atoms with Gasteiger partial charge in [-0.05, 0) is 33.5 Å². The van der Waals surface area contributed by atoms with Crippen molar-refractivity contribution in [2.45, 2.75) is 18.9 Å². The predicted molar refractivity (Wildman–Crippen MR) is 44.8 cm³/mol. The third kappa shape index (κ3) is 6.01. The van der Waals surface area contributed by atoms with Gasteiger partial charge in [0.15, 0.2) is 0 Å². The van der Waals surface area contributed by atoms with Crippen molar-refractivity contribution in [1.29, 1.82) is 0 Å². The molecule has 0 aliphatic heterocycles. The van der Waals surface area contributed by atoms with Crippen LogP contribution >= 0.6 is 0 Å². The summed E-state index contributed by atoms with van der Waals surface area (Å²) in [6, 6.07) is 0.194. The largest absolute Gasteiger partial charge is 0.329 e. The Balaban J connectivity index is 3.03. The Kier molecular flexibility index (Phi) is 5.58. The zero-order valence-electron chi connectivity index (χ0n) is 7.01. The fraction of sp³-hybridized carbons (Fsp3) is 1.00. The Hall–Kier alpha value is -0.120. The minimum atomic E-state index is 0.194. The molecule has 0 amide bonds. The second kappa shape index (κ2) is 5.65. The topological polar surface area (TPSA) is 55.3 Å². The van der Waals surface area contributed by atoms with Gasteiger partial charge in [0.1, 0.15) is 0 Å². The molecule has 0 heterocycles. The molecule has 0 rings (SSSR count). The SMILES string of the molecule is CN(C)CCCC(N)CN. The molecule has 0 fully saturated rings. The molecule has 0 aliphatic rings. The Bertz CT molecular complexity index is 73.3. The molecule has 3 nitrogen and oxygen atoms in total. The first-order valence-electron chi connectivity index (χ1n) is 3.77. The molecule has 1 unspecified atom stereocenters. The first-order chi connectivity index (χ1) is 4.66. The Labute approximate surface area is 63.4 Å². The van der Waals surface area contributed by atoms with Crippen molar-refractivity contribution in [1.82, 2.24) is 4.90 Å². The summed E-state index contributed by atoms with van der Waals surface area (Å²) in [7, 11) is 4.13. The van der Waals surface area contributed by atoms with Gasteiger partial charge in [0.2, 0.25) is 0 Å². The van der Waals surface area contributed by atoms with Crippen LogP contribution in [0.5, 0.6) is 0 Å². The van der Waals surface area contributed by atoms with Crippen LogP contribution in [-0.4, -0.2) is 38.1 Å². The lowest BCUT2D eigenvalue weighted by molar-refractivity contribution is 0.385. The van der Waals surface area contributed by atoms with Gasteiger partial charge >= 0.3 is 0 Å². The highest BCUT2D eigenvalue weighted by Gasteiger charge is 1.98. The van der Waals surface area contributed by atoms with Crippen molar-refractivity contribution < 1.29 is 0 Å². The molecule has 0 aliphatic carbocycles. The van der Waals surface area contributed by atoms with E-state index in [2.05, 4.69) is 19.0 Å². The molecule has 0 saturated heterocycles. The Morgan fingerprint density at radius 2 is 2.00 bits per heavy atom. The van der Waals surface area contributed by atoms with Crippen molar-refractivity contribution >= 4 is 0 Å². The minimum absolute atomic E-state index is 0.194. The highest BCUT2D eigenvalue weighted by atomic mass is 15.0. The maximum atomic E-state index is 5.62. The standard InChI is InChI=1S/C7H19N3/c1-10(2)5-3-4-7(9)6-8/h7H,3-6,8-9H2,1-2H3. The summed E-state index contributed by atoms with van der Waals surface area (Å²) >= 11 is 0. The average molecular weight is 145 g/mol. The van der Waals surface area contributed by atoms with Crippen molar-refractivity contribution in [3.05, 3.63) is 0 Å². The third-order valence-corrected chi connectivity index (χ3v) is 1.48. The molecule has 0 saturated carbocycles. The number of rotatable bonds is 5. The second-order valence-corrected chi connectivity index (χ2v) is 2.94. The molecule has 0 aromatic carbocycles. The summed E-state index contributed by atoms with van der Waals surface area (Å²) in [6.07, 6.45) is 2.18. The molecule has 0 spiro atoms. The van der Waals surface area contributed by atoms with Gasteiger partial charge in [0, 0.05) is 12.6 Å². The van der Waals surface area contributed by atoms with E-state index in [1.807, 2.05) is 0 Å². The molecule has 62 valence electrons. The van der Waals surface area contributed by atoms with Crippen molar-refractivity contribution in [2.75, 3.05) is 27.2 Å². The van der Waals surface area contributed by atoms with Crippen LogP contribution in [0.25, 0.3) is 0 Å². The summed E-state index contributed by atoms with van der Waals surface area (Å²) in [5.41, 5.74) is 11.0. The summed E-state index contributed by atoms with van der Waals surface area (Å²) in [4.78, 5) is 2.16. The van der Waals surface area contributed by atoms with E-state index in [0.717, 1.165) is 19.4 Å². The lowest BCUT2D eigenvalue weighted by atomic mass is 10.2. The van der Waals surface area contributed by atoms with Crippen molar-refractivity contribution in [2.24, 2.45) is 11.5 Å². The van der Waals surface area contributed by atoms with E-state index in [-0.39, 0.29) is 6.04 Å². The fourth-order valence-electron chi connectivity index (χ4n) is 0.788. The van der Waals surface area contributed by atoms with Crippen LogP contribution in [0.3, 0.4) is 0 Å². The molecule has 10 heavy (non-hydrogen) atoms. The first-order valence-corrected chi connectivity index (χ1v) is 3.77. The molecule has 3 heteroatoms. The van der Waals surface area contributed by atoms with E-state index >= 15 is 0 Å². The molecular formula is C7H19N3. The summed E-state index contributed by atoms with van der Waals surface area (Å²) in [5, 5.41) is 0. The van der Waals surface area contributed by atoms with E-state index in [1.165, 1.54) is 0 Å². The predicted octanol–water partition coefficient (Wildman–Crippen LogP) is -0.386. The molecule has 4 N–H and O–H groups in total. The minimum Gasteiger partial charge on any atom is -0.329 e. The van der Waals surface area contributed by atoms with Gasteiger partial charge in [-0.2, -0.15) is 0 Å². The van der Waals surface area contributed by atoms with Gasteiger partial charge in [0.05, 0.1) is 0 Å². The quantitative estimate of drug-likeness (QED) is 0.554. The Morgan fingerprint density at radius 3 is 2.40 bits per heavy atom. The average Bonchev–Trinajstić information content (AvgIpc) is 1.87. The highest BCUT2D eigenvalue weighted by molar-refractivity contribution is 4.61. The number of hydrogen-bond acceptors (Lipinski definition) is 3. The van der Waals surface area contributed by atoms with Crippen LogP contribution in [0.4, 0.5) is 0 Å². The van der Waals surface area contributed by atoms with Crippen molar-refractivity contribution in [3.63, 3.8) is 0 Å². The lowest BCUT2D eigenvalue weighted by Crippen LogP contribution is -2.30. The summed E-state index contributed by atoms with van der Waals surface area (Å²) in [6.45, 7) is 1.71. The number of nitrogens with two attached hydrogens (primary N) is 2. The molecule has 0 radical (unpaired) electrons. The lowest BCUT2D eigenvalue weighted by Gasteiger charge is -2.11. The summed E-state index contributed by atoms with van der Waals surface area (Å²) in [5.74, 6) is 0. The molecule has 0 aromatic rings. The van der Waals surface area contributed by atoms with Crippen LogP contribution in [0.2, 0.25) is 0 Å². The number of hydrogen-bond donors (Lipinski definition) is 2. The van der Waals surface area contributed by atoms with Crippen LogP contribution in [0.15, 0.2) is 0 Å². The summed E-state index contributed by atoms with van der Waals surface area (Å²) < 4.78 is 0. The molecular weight excluding hydrogens is 126 g/mol. The van der Waals surface area contributed by atoms with Gasteiger partial charge in [-0.3, -0.25) is 0 Å². The zero-order chi connectivity index (χ0) is 7.98. The van der Waals surface area contributed by atoms with Gasteiger partial charge in [-0.15, -0.1) is 0 Å². The van der Waals surface area contributed by atoms with Gasteiger partial charge in [-0.25, -0.2) is 0 Å². The van der Waals surface area contributed by atoms with Crippen LogP contribution in [0, 0.1) is 0 Å². The van der Waals surface area contributed by atoms with E-state index in [4.69, 9.17) is 11.5 Å². The van der Waals surface area contributed by atoms with E-state index in [1.54, 1.807) is 0 Å². The van der Waals surface area contributed by atoms with E-state index in [9.17, 15) is 0 Å². The van der Waals surface area contributed by atoms with Gasteiger partial charge in [0.25, 0.3) is 0 Å². The molecule has 0 aromatic heterocycles. The van der Waals surface area contributed by atoms with E-state index < -0.39 is 0 Å². The van der Waals surface area contributed by atoms with Crippen LogP contribution < -0.4 is 11.5 Å². The maximum absolute atomic E-state index is 5.62. The third-order valence-electron chi connectivity index (χ3n) is 1.48. The normalized spacial score (nSPS) is 14.1. The van der Waals surface area contributed by atoms with Crippen LogP contribution in [0.1, 0.15) is 12.8 Å².